The van der Waals surface area contributed by atoms with Gasteiger partial charge in [0.2, 0.25) is 0 Å². The molecule has 0 aliphatic rings. The van der Waals surface area contributed by atoms with Crippen molar-refractivity contribution in [3.8, 4) is 0 Å². The third-order valence-corrected chi connectivity index (χ3v) is 5.77. The largest absolute Gasteiger partial charge is 0.328 e. The first-order valence-electron chi connectivity index (χ1n) is 4.84. The van der Waals surface area contributed by atoms with Crippen molar-refractivity contribution in [2.45, 2.75) is 19.4 Å². The highest BCUT2D eigenvalue weighted by Gasteiger charge is 2.19. The zero-order valence-corrected chi connectivity index (χ0v) is 10.1. The van der Waals surface area contributed by atoms with E-state index in [2.05, 4.69) is 62.8 Å². The Labute approximate surface area is 83.1 Å². The van der Waals surface area contributed by atoms with Gasteiger partial charge in [-0.05, 0) is 24.8 Å². The van der Waals surface area contributed by atoms with E-state index >= 15 is 0 Å². The van der Waals surface area contributed by atoms with Crippen molar-refractivity contribution in [2.75, 3.05) is 14.1 Å². The average Bonchev–Trinajstić information content (AvgIpc) is 2.04. The van der Waals surface area contributed by atoms with E-state index in [1.807, 2.05) is 0 Å². The second kappa shape index (κ2) is 4.58. The summed E-state index contributed by atoms with van der Waals surface area (Å²) in [5, 5.41) is 1.54. The number of rotatable bonds is 3. The van der Waals surface area contributed by atoms with Gasteiger partial charge in [0.25, 0.3) is 0 Å². The fraction of sp³-hybridized carbons (Fsp3) is 0.455. The number of nitrogens with zero attached hydrogens (tertiary/aromatic N) is 1. The Kier molecular flexibility index (Phi) is 3.69. The summed E-state index contributed by atoms with van der Waals surface area (Å²) in [7, 11) is 3.49. The molecule has 0 fully saturated rings. The molecule has 1 unspecified atom stereocenters. The van der Waals surface area contributed by atoms with Gasteiger partial charge in [-0.3, -0.25) is 0 Å². The maximum absolute atomic E-state index is 2.42. The highest BCUT2D eigenvalue weighted by Crippen LogP contribution is 2.09. The lowest BCUT2D eigenvalue weighted by Crippen LogP contribution is -2.46. The quantitative estimate of drug-likeness (QED) is 0.659. The first-order chi connectivity index (χ1) is 6.13. The van der Waals surface area contributed by atoms with Crippen LogP contribution < -0.4 is 5.19 Å². The summed E-state index contributed by atoms with van der Waals surface area (Å²) in [4.78, 5) is 0. The van der Waals surface area contributed by atoms with Crippen molar-refractivity contribution in [3.05, 3.63) is 30.3 Å². The van der Waals surface area contributed by atoms with Crippen LogP contribution in [-0.4, -0.2) is 27.6 Å². The highest BCUT2D eigenvalue weighted by molar-refractivity contribution is 6.71. The normalized spacial score (nSPS) is 13.7. The molecule has 1 rings (SSSR count). The van der Waals surface area contributed by atoms with Crippen LogP contribution in [0.4, 0.5) is 0 Å². The standard InChI is InChI=1S/C11H19NSi/c1-10(2)13(12(3)4)11-8-6-5-7-9-11/h5-10,13H,1-4H3. The maximum Gasteiger partial charge on any atom is 0.145 e. The van der Waals surface area contributed by atoms with Gasteiger partial charge in [-0.25, -0.2) is 0 Å². The summed E-state index contributed by atoms with van der Waals surface area (Å²) < 4.78 is 2.42. The molecule has 1 aromatic carbocycles. The van der Waals surface area contributed by atoms with Gasteiger partial charge in [0.1, 0.15) is 8.96 Å². The first kappa shape index (κ1) is 10.5. The van der Waals surface area contributed by atoms with Crippen LogP contribution in [0.5, 0.6) is 0 Å². The van der Waals surface area contributed by atoms with Crippen LogP contribution in [0.3, 0.4) is 0 Å². The van der Waals surface area contributed by atoms with Crippen molar-refractivity contribution in [1.29, 1.82) is 0 Å². The molecule has 0 spiro atoms. The van der Waals surface area contributed by atoms with Gasteiger partial charge in [0.15, 0.2) is 0 Å². The molecular formula is C11H19NSi. The van der Waals surface area contributed by atoms with Gasteiger partial charge in [0, 0.05) is 0 Å². The van der Waals surface area contributed by atoms with E-state index in [9.17, 15) is 0 Å². The lowest BCUT2D eigenvalue weighted by molar-refractivity contribution is 0.632. The van der Waals surface area contributed by atoms with E-state index in [-0.39, 0.29) is 0 Å². The van der Waals surface area contributed by atoms with E-state index < -0.39 is 8.96 Å². The van der Waals surface area contributed by atoms with Crippen molar-refractivity contribution >= 4 is 14.1 Å². The summed E-state index contributed by atoms with van der Waals surface area (Å²) >= 11 is 0. The third-order valence-electron chi connectivity index (χ3n) is 2.33. The summed E-state index contributed by atoms with van der Waals surface area (Å²) in [5.41, 5.74) is 0.789. The molecule has 0 aromatic heterocycles. The second-order valence-corrected chi connectivity index (χ2v) is 7.99. The van der Waals surface area contributed by atoms with E-state index in [0.717, 1.165) is 5.54 Å². The van der Waals surface area contributed by atoms with Gasteiger partial charge in [-0.2, -0.15) is 0 Å². The molecule has 72 valence electrons. The SMILES string of the molecule is CC(C)[SiH](c1ccccc1)N(C)C. The van der Waals surface area contributed by atoms with Crippen LogP contribution in [0.1, 0.15) is 13.8 Å². The Morgan fingerprint density at radius 3 is 2.00 bits per heavy atom. The first-order valence-corrected chi connectivity index (χ1v) is 6.60. The molecule has 1 nitrogen and oxygen atoms in total. The topological polar surface area (TPSA) is 3.24 Å². The lowest BCUT2D eigenvalue weighted by atomic mass is 10.4. The lowest BCUT2D eigenvalue weighted by Gasteiger charge is -2.26. The number of hydrogen-bond donors (Lipinski definition) is 0. The molecule has 0 saturated heterocycles. The molecule has 2 heteroatoms. The minimum atomic E-state index is -0.905. The van der Waals surface area contributed by atoms with Crippen molar-refractivity contribution < 1.29 is 0 Å². The van der Waals surface area contributed by atoms with Gasteiger partial charge in [0.05, 0.1) is 0 Å². The predicted molar refractivity (Wildman–Crippen MR) is 62.0 cm³/mol. The molecule has 0 saturated carbocycles. The van der Waals surface area contributed by atoms with Crippen molar-refractivity contribution in [1.82, 2.24) is 4.57 Å². The third kappa shape index (κ3) is 2.67. The van der Waals surface area contributed by atoms with Gasteiger partial charge < -0.3 is 4.57 Å². The Morgan fingerprint density at radius 1 is 1.08 bits per heavy atom. The second-order valence-electron chi connectivity index (χ2n) is 4.06. The Bertz CT molecular complexity index is 236. The molecule has 0 N–H and O–H groups in total. The Morgan fingerprint density at radius 2 is 1.62 bits per heavy atom. The molecule has 1 atom stereocenters. The fourth-order valence-electron chi connectivity index (χ4n) is 1.93. The summed E-state index contributed by atoms with van der Waals surface area (Å²) in [5.74, 6) is 0. The average molecular weight is 193 g/mol. The Balaban J connectivity index is 2.89. The van der Waals surface area contributed by atoms with Crippen molar-refractivity contribution in [3.63, 3.8) is 0 Å². The minimum Gasteiger partial charge on any atom is -0.328 e. The van der Waals surface area contributed by atoms with Gasteiger partial charge >= 0.3 is 0 Å². The van der Waals surface area contributed by atoms with E-state index in [4.69, 9.17) is 0 Å². The molecule has 0 radical (unpaired) electrons. The number of benzene rings is 1. The molecule has 1 aromatic rings. The zero-order valence-electron chi connectivity index (χ0n) is 8.99. The van der Waals surface area contributed by atoms with Crippen LogP contribution in [-0.2, 0) is 0 Å². The van der Waals surface area contributed by atoms with Crippen LogP contribution in [0.15, 0.2) is 30.3 Å². The molecule has 0 heterocycles. The highest BCUT2D eigenvalue weighted by atomic mass is 28.3. The summed E-state index contributed by atoms with van der Waals surface area (Å²) in [6, 6.07) is 10.9. The number of hydrogen-bond acceptors (Lipinski definition) is 1. The summed E-state index contributed by atoms with van der Waals surface area (Å²) in [6.07, 6.45) is 0. The van der Waals surface area contributed by atoms with Crippen molar-refractivity contribution in [2.24, 2.45) is 0 Å². The van der Waals surface area contributed by atoms with Crippen LogP contribution in [0.25, 0.3) is 0 Å². The molecule has 0 aliphatic heterocycles. The zero-order chi connectivity index (χ0) is 9.84. The minimum absolute atomic E-state index is 0.789. The van der Waals surface area contributed by atoms with Crippen LogP contribution >= 0.6 is 0 Å². The maximum atomic E-state index is 2.42. The molecule has 13 heavy (non-hydrogen) atoms. The fourth-order valence-corrected chi connectivity index (χ4v) is 5.10. The Hall–Kier alpha value is -0.603. The summed E-state index contributed by atoms with van der Waals surface area (Å²) in [6.45, 7) is 4.65. The molecular weight excluding hydrogens is 174 g/mol. The predicted octanol–water partition coefficient (Wildman–Crippen LogP) is 1.59. The van der Waals surface area contributed by atoms with Gasteiger partial charge in [-0.1, -0.05) is 44.2 Å². The van der Waals surface area contributed by atoms with E-state index in [1.54, 1.807) is 5.19 Å². The van der Waals surface area contributed by atoms with Crippen LogP contribution in [0.2, 0.25) is 5.54 Å². The molecule has 0 amide bonds. The van der Waals surface area contributed by atoms with E-state index in [0.29, 0.717) is 0 Å². The van der Waals surface area contributed by atoms with E-state index in [1.165, 1.54) is 0 Å². The monoisotopic (exact) mass is 193 g/mol. The molecule has 0 aliphatic carbocycles. The van der Waals surface area contributed by atoms with Crippen LogP contribution in [0, 0.1) is 0 Å². The van der Waals surface area contributed by atoms with Gasteiger partial charge in [-0.15, -0.1) is 0 Å². The molecule has 0 bridgehead atoms. The smallest absolute Gasteiger partial charge is 0.145 e.